The number of aromatic nitrogens is 1. The van der Waals surface area contributed by atoms with Crippen molar-refractivity contribution in [2.75, 3.05) is 13.7 Å². The molecule has 2 aromatic carbocycles. The van der Waals surface area contributed by atoms with Crippen LogP contribution in [0.25, 0.3) is 10.8 Å². The van der Waals surface area contributed by atoms with Gasteiger partial charge < -0.3 is 9.64 Å². The first-order valence-electron chi connectivity index (χ1n) is 9.24. The normalized spacial score (nSPS) is 24.1. The number of rotatable bonds is 3. The van der Waals surface area contributed by atoms with Crippen molar-refractivity contribution in [3.63, 3.8) is 0 Å². The van der Waals surface area contributed by atoms with E-state index in [0.717, 1.165) is 23.2 Å². The topological polar surface area (TPSA) is 37.7 Å². The first kappa shape index (κ1) is 16.6. The highest BCUT2D eigenvalue weighted by molar-refractivity contribution is 8.14. The Morgan fingerprint density at radius 3 is 2.74 bits per heavy atom. The van der Waals surface area contributed by atoms with E-state index in [1.807, 2.05) is 30.1 Å². The van der Waals surface area contributed by atoms with Gasteiger partial charge in [-0.1, -0.05) is 55.1 Å². The Kier molecular flexibility index (Phi) is 4.05. The van der Waals surface area contributed by atoms with Gasteiger partial charge >= 0.3 is 0 Å². The predicted octanol–water partition coefficient (Wildman–Crippen LogP) is 4.83. The molecule has 27 heavy (non-hydrogen) atoms. The van der Waals surface area contributed by atoms with Gasteiger partial charge in [0.15, 0.2) is 5.17 Å². The van der Waals surface area contributed by atoms with Crippen LogP contribution in [0.5, 0.6) is 5.75 Å². The summed E-state index contributed by atoms with van der Waals surface area (Å²) in [7, 11) is 1.75. The van der Waals surface area contributed by atoms with E-state index in [0.29, 0.717) is 5.25 Å². The number of hydrogen-bond donors (Lipinski definition) is 0. The van der Waals surface area contributed by atoms with Crippen LogP contribution < -0.4 is 4.74 Å². The molecule has 136 valence electrons. The molecule has 0 radical (unpaired) electrons. The summed E-state index contributed by atoms with van der Waals surface area (Å²) in [5, 5.41) is 4.11. The van der Waals surface area contributed by atoms with E-state index in [2.05, 4.69) is 59.3 Å². The van der Waals surface area contributed by atoms with Crippen LogP contribution in [0.2, 0.25) is 0 Å². The maximum absolute atomic E-state index is 5.82. The van der Waals surface area contributed by atoms with Crippen molar-refractivity contribution in [1.82, 2.24) is 9.88 Å². The molecule has 0 aliphatic carbocycles. The summed E-state index contributed by atoms with van der Waals surface area (Å²) in [5.41, 5.74) is 2.22. The first-order chi connectivity index (χ1) is 13.3. The Labute approximate surface area is 163 Å². The summed E-state index contributed by atoms with van der Waals surface area (Å²) < 4.78 is 5.82. The summed E-state index contributed by atoms with van der Waals surface area (Å²) in [6.45, 7) is 3.25. The second-order valence-electron chi connectivity index (χ2n) is 7.04. The molecule has 2 aliphatic heterocycles. The fourth-order valence-electron chi connectivity index (χ4n) is 4.19. The summed E-state index contributed by atoms with van der Waals surface area (Å²) >= 11 is 1.86. The number of methoxy groups -OCH3 is 1. The van der Waals surface area contributed by atoms with Gasteiger partial charge in [-0.15, -0.1) is 0 Å². The molecule has 3 heterocycles. The molecule has 5 rings (SSSR count). The Balaban J connectivity index is 1.73. The van der Waals surface area contributed by atoms with Crippen LogP contribution in [-0.2, 0) is 0 Å². The van der Waals surface area contributed by atoms with Crippen LogP contribution in [0.1, 0.15) is 30.3 Å². The molecule has 0 unspecified atom stereocenters. The molecule has 4 nitrogen and oxygen atoms in total. The van der Waals surface area contributed by atoms with Gasteiger partial charge in [0.2, 0.25) is 0 Å². The molecule has 1 fully saturated rings. The van der Waals surface area contributed by atoms with Gasteiger partial charge in [0.1, 0.15) is 11.8 Å². The van der Waals surface area contributed by atoms with Crippen LogP contribution >= 0.6 is 11.8 Å². The third-order valence-electron chi connectivity index (χ3n) is 5.33. The molecular weight excluding hydrogens is 354 g/mol. The predicted molar refractivity (Wildman–Crippen MR) is 111 cm³/mol. The van der Waals surface area contributed by atoms with Gasteiger partial charge in [-0.25, -0.2) is 0 Å². The molecule has 0 N–H and O–H groups in total. The lowest BCUT2D eigenvalue weighted by Gasteiger charge is -2.29. The van der Waals surface area contributed by atoms with Gasteiger partial charge in [0, 0.05) is 23.6 Å². The zero-order valence-corrected chi connectivity index (χ0v) is 16.2. The first-order valence-corrected chi connectivity index (χ1v) is 10.1. The van der Waals surface area contributed by atoms with Crippen molar-refractivity contribution >= 4 is 27.7 Å². The zero-order chi connectivity index (χ0) is 18.4. The molecule has 1 aromatic heterocycles. The monoisotopic (exact) mass is 375 g/mol. The average Bonchev–Trinajstić information content (AvgIpc) is 3.23. The second-order valence-corrected chi connectivity index (χ2v) is 8.45. The quantitative estimate of drug-likeness (QED) is 0.657. The van der Waals surface area contributed by atoms with Crippen LogP contribution in [0.4, 0.5) is 0 Å². The van der Waals surface area contributed by atoms with E-state index in [4.69, 9.17) is 9.73 Å². The molecule has 2 aliphatic rings. The molecule has 3 aromatic rings. The molecule has 0 saturated carbocycles. The molecular formula is C22H21N3OS. The van der Waals surface area contributed by atoms with E-state index in [1.165, 1.54) is 16.3 Å². The molecule has 0 bridgehead atoms. The van der Waals surface area contributed by atoms with Gasteiger partial charge in [-0.2, -0.15) is 0 Å². The van der Waals surface area contributed by atoms with E-state index in [-0.39, 0.29) is 12.1 Å². The standard InChI is InChI=1S/C22H21N3OS/c1-14-13-25-21(20(24-22(25)27-14)17-9-5-6-12-23-17)19-16-8-4-3-7-15(16)10-11-18(19)26-2/h3-12,14,20-21H,13H2,1-2H3/t14-,20-,21+/m0/s1. The van der Waals surface area contributed by atoms with E-state index in [1.54, 1.807) is 7.11 Å². The number of aliphatic imine (C=N–C) groups is 1. The number of pyridine rings is 1. The maximum atomic E-state index is 5.82. The smallest absolute Gasteiger partial charge is 0.160 e. The molecule has 1 saturated heterocycles. The number of thioether (sulfide) groups is 1. The molecule has 0 spiro atoms. The minimum Gasteiger partial charge on any atom is -0.496 e. The number of benzene rings is 2. The Morgan fingerprint density at radius 1 is 1.07 bits per heavy atom. The van der Waals surface area contributed by atoms with Crippen LogP contribution in [0, 0.1) is 0 Å². The minimum absolute atomic E-state index is 0.0269. The highest BCUT2D eigenvalue weighted by Gasteiger charge is 2.45. The van der Waals surface area contributed by atoms with Crippen molar-refractivity contribution in [3.05, 3.63) is 72.1 Å². The summed E-state index contributed by atoms with van der Waals surface area (Å²) in [6, 6.07) is 18.9. The third-order valence-corrected chi connectivity index (χ3v) is 6.43. The number of fused-ring (bicyclic) bond motifs is 2. The van der Waals surface area contributed by atoms with E-state index < -0.39 is 0 Å². The van der Waals surface area contributed by atoms with E-state index in [9.17, 15) is 0 Å². The lowest BCUT2D eigenvalue weighted by Crippen LogP contribution is -2.29. The van der Waals surface area contributed by atoms with Gasteiger partial charge in [-0.3, -0.25) is 9.98 Å². The van der Waals surface area contributed by atoms with Crippen LogP contribution in [0.15, 0.2) is 65.8 Å². The molecule has 0 amide bonds. The van der Waals surface area contributed by atoms with Gasteiger partial charge in [-0.05, 0) is 29.0 Å². The number of hydrogen-bond acceptors (Lipinski definition) is 5. The molecule has 5 heteroatoms. The number of amidine groups is 1. The highest BCUT2D eigenvalue weighted by atomic mass is 32.2. The maximum Gasteiger partial charge on any atom is 0.160 e. The summed E-state index contributed by atoms with van der Waals surface area (Å²) in [4.78, 5) is 12.2. The Bertz CT molecular complexity index is 1020. The fraction of sp³-hybridized carbons (Fsp3) is 0.273. The van der Waals surface area contributed by atoms with E-state index >= 15 is 0 Å². The van der Waals surface area contributed by atoms with Crippen molar-refractivity contribution in [2.45, 2.75) is 24.3 Å². The molecule has 3 atom stereocenters. The SMILES string of the molecule is COc1ccc2ccccc2c1[C@@H]1[C@H](c2ccccn2)N=C2S[C@@H](C)CN21. The van der Waals surface area contributed by atoms with Gasteiger partial charge in [0.05, 0.1) is 18.8 Å². The lowest BCUT2D eigenvalue weighted by molar-refractivity contribution is 0.310. The number of nitrogens with zero attached hydrogens (tertiary/aromatic N) is 3. The summed E-state index contributed by atoms with van der Waals surface area (Å²) in [6.07, 6.45) is 1.85. The van der Waals surface area contributed by atoms with Crippen molar-refractivity contribution in [1.29, 1.82) is 0 Å². The second kappa shape index (κ2) is 6.57. The Hall–Kier alpha value is -2.53. The summed E-state index contributed by atoms with van der Waals surface area (Å²) in [5.74, 6) is 0.917. The van der Waals surface area contributed by atoms with Crippen molar-refractivity contribution in [3.8, 4) is 5.75 Å². The largest absolute Gasteiger partial charge is 0.496 e. The highest BCUT2D eigenvalue weighted by Crippen LogP contribution is 2.51. The van der Waals surface area contributed by atoms with Crippen molar-refractivity contribution in [2.24, 2.45) is 4.99 Å². The van der Waals surface area contributed by atoms with Crippen molar-refractivity contribution < 1.29 is 4.74 Å². The van der Waals surface area contributed by atoms with Crippen LogP contribution in [-0.4, -0.2) is 34.0 Å². The lowest BCUT2D eigenvalue weighted by atomic mass is 9.91. The van der Waals surface area contributed by atoms with Gasteiger partial charge in [0.25, 0.3) is 0 Å². The fourth-order valence-corrected chi connectivity index (χ4v) is 5.28. The third kappa shape index (κ3) is 2.69. The minimum atomic E-state index is -0.0269. The van der Waals surface area contributed by atoms with Crippen LogP contribution in [0.3, 0.4) is 0 Å². The average molecular weight is 375 g/mol. The Morgan fingerprint density at radius 2 is 1.93 bits per heavy atom. The number of ether oxygens (including phenoxy) is 1. The zero-order valence-electron chi connectivity index (χ0n) is 15.4.